The molecule has 0 spiro atoms. The highest BCUT2D eigenvalue weighted by atomic mass is 32.2. The number of anilines is 1. The third-order valence-corrected chi connectivity index (χ3v) is 10.8. The van der Waals surface area contributed by atoms with Gasteiger partial charge in [0.25, 0.3) is 11.8 Å². The highest BCUT2D eigenvalue weighted by molar-refractivity contribution is 7.88. The molecule has 0 saturated carbocycles. The Bertz CT molecular complexity index is 2480. The Morgan fingerprint density at radius 2 is 1.57 bits per heavy atom. The van der Waals surface area contributed by atoms with E-state index in [4.69, 9.17) is 23.8 Å². The molecule has 0 aliphatic carbocycles. The van der Waals surface area contributed by atoms with Gasteiger partial charge in [0.05, 0.1) is 26.0 Å². The molecule has 1 fully saturated rings. The molecule has 1 saturated heterocycles. The minimum Gasteiger partial charge on any atom is -0.490 e. The van der Waals surface area contributed by atoms with Gasteiger partial charge in [0.1, 0.15) is 28.6 Å². The molecule has 370 valence electrons. The number of likely N-dealkylation sites (tertiary alicyclic amines) is 1. The number of thiazole rings is 1. The van der Waals surface area contributed by atoms with Crippen molar-refractivity contribution in [2.24, 2.45) is 5.16 Å². The first-order chi connectivity index (χ1) is 31.2. The van der Waals surface area contributed by atoms with Crippen molar-refractivity contribution in [3.05, 3.63) is 33.8 Å². The molecule has 3 N–H and O–H groups in total. The van der Waals surface area contributed by atoms with Gasteiger partial charge in [0, 0.05) is 24.5 Å². The van der Waals surface area contributed by atoms with Gasteiger partial charge >= 0.3 is 34.0 Å². The number of unbranched alkanes of at least 4 members (excludes halogenated alkanes) is 2. The number of likely N-dealkylation sites (N-methyl/N-ethyl adjacent to an activating group) is 1. The van der Waals surface area contributed by atoms with Crippen LogP contribution in [0.5, 0.6) is 11.5 Å². The van der Waals surface area contributed by atoms with Crippen LogP contribution < -0.4 is 30.5 Å². The van der Waals surface area contributed by atoms with Crippen molar-refractivity contribution in [3.8, 4) is 23.0 Å². The summed E-state index contributed by atoms with van der Waals surface area (Å²) in [4.78, 5) is 95.8. The van der Waals surface area contributed by atoms with Crippen molar-refractivity contribution >= 4 is 62.3 Å². The predicted molar refractivity (Wildman–Crippen MR) is 245 cm³/mol. The van der Waals surface area contributed by atoms with E-state index in [1.165, 1.54) is 31.5 Å². The maximum absolute atomic E-state index is 13.8. The zero-order chi connectivity index (χ0) is 50.1. The van der Waals surface area contributed by atoms with Crippen LogP contribution in [0.2, 0.25) is 0 Å². The summed E-state index contributed by atoms with van der Waals surface area (Å²) in [6.45, 7) is 17.1. The topological polar surface area (TPSA) is 286 Å². The van der Waals surface area contributed by atoms with Crippen LogP contribution in [0, 0.1) is 0 Å². The normalized spacial score (nSPS) is 14.6. The Labute approximate surface area is 392 Å². The number of pyridine rings is 1. The summed E-state index contributed by atoms with van der Waals surface area (Å²) >= 11 is 0.894. The molecular formula is C41H61N11O13S2. The van der Waals surface area contributed by atoms with Crippen LogP contribution in [-0.4, -0.2) is 141 Å². The number of rotatable bonds is 21. The number of esters is 1. The second kappa shape index (κ2) is 22.1. The lowest BCUT2D eigenvalue weighted by Crippen LogP contribution is -2.68. The molecule has 3 aromatic rings. The summed E-state index contributed by atoms with van der Waals surface area (Å²) < 4.78 is 52.7. The van der Waals surface area contributed by atoms with E-state index in [0.29, 0.717) is 29.6 Å². The number of hydrogen-bond acceptors (Lipinski definition) is 19. The van der Waals surface area contributed by atoms with E-state index in [1.807, 2.05) is 13.8 Å². The van der Waals surface area contributed by atoms with Crippen molar-refractivity contribution in [3.63, 3.8) is 0 Å². The molecule has 0 aromatic carbocycles. The van der Waals surface area contributed by atoms with Crippen LogP contribution in [0.1, 0.15) is 101 Å². The van der Waals surface area contributed by atoms with E-state index in [9.17, 15) is 37.2 Å². The Kier molecular flexibility index (Phi) is 17.6. The van der Waals surface area contributed by atoms with Gasteiger partial charge < -0.3 is 34.0 Å². The highest BCUT2D eigenvalue weighted by Gasteiger charge is 2.44. The minimum atomic E-state index is -5.11. The highest BCUT2D eigenvalue weighted by Crippen LogP contribution is 2.31. The molecule has 4 rings (SSSR count). The fraction of sp³-hybridized carbons (Fsp3) is 0.610. The van der Waals surface area contributed by atoms with Gasteiger partial charge in [-0.2, -0.15) is 8.42 Å². The average molecular weight is 980 g/mol. The maximum Gasteiger partial charge on any atom is 0.413 e. The van der Waals surface area contributed by atoms with Gasteiger partial charge in [-0.3, -0.25) is 24.4 Å². The van der Waals surface area contributed by atoms with Gasteiger partial charge in [-0.25, -0.2) is 33.9 Å². The predicted octanol–water partition coefficient (Wildman–Crippen LogP) is 3.50. The molecule has 0 radical (unpaired) electrons. The summed E-state index contributed by atoms with van der Waals surface area (Å²) in [6.07, 6.45) is 3.83. The third kappa shape index (κ3) is 14.9. The number of hydrogen-bond donors (Lipinski definition) is 3. The summed E-state index contributed by atoms with van der Waals surface area (Å²) in [5.41, 5.74) is -5.21. The van der Waals surface area contributed by atoms with Crippen molar-refractivity contribution < 1.29 is 56.2 Å². The fourth-order valence-corrected chi connectivity index (χ4v) is 7.02. The smallest absolute Gasteiger partial charge is 0.413 e. The molecule has 1 aliphatic rings. The Morgan fingerprint density at radius 3 is 2.15 bits per heavy atom. The lowest BCUT2D eigenvalue weighted by atomic mass is 10.1. The van der Waals surface area contributed by atoms with Crippen LogP contribution in [0.3, 0.4) is 0 Å². The van der Waals surface area contributed by atoms with Gasteiger partial charge in [-0.05, 0) is 82.3 Å². The molecule has 24 nitrogen and oxygen atoms in total. The number of nitrogens with zero attached hydrogens (tertiary/aromatic N) is 8. The number of imide groups is 1. The molecule has 0 bridgehead atoms. The first-order valence-corrected chi connectivity index (χ1v) is 23.7. The van der Waals surface area contributed by atoms with E-state index < -0.39 is 80.9 Å². The number of carbonyl (C=O) groups is 5. The van der Waals surface area contributed by atoms with E-state index >= 15 is 0 Å². The van der Waals surface area contributed by atoms with Crippen molar-refractivity contribution in [1.29, 1.82) is 0 Å². The fourth-order valence-electron chi connectivity index (χ4n) is 5.43. The molecule has 4 heterocycles. The number of urea groups is 1. The van der Waals surface area contributed by atoms with Crippen molar-refractivity contribution in [1.82, 2.24) is 43.6 Å². The van der Waals surface area contributed by atoms with Crippen LogP contribution in [-0.2, 0) is 45.4 Å². The van der Waals surface area contributed by atoms with Gasteiger partial charge in [-0.1, -0.05) is 35.9 Å². The first-order valence-electron chi connectivity index (χ1n) is 21.4. The molecule has 1 atom stereocenters. The van der Waals surface area contributed by atoms with Crippen molar-refractivity contribution in [2.75, 3.05) is 45.7 Å². The Morgan fingerprint density at radius 1 is 0.940 bits per heavy atom. The number of carbonyl (C=O) groups excluding carboxylic acids is 5. The van der Waals surface area contributed by atoms with E-state index in [0.717, 1.165) is 41.6 Å². The Hall–Kier alpha value is -6.15. The SMILES string of the molecule is CCCCOc1cnc(-c2nn(S(=O)(=O)NC(=O)N3C[C@H](NC(=O)/C(=N\OC(C)(C)C(=O)OC(C)(C)C)c4csc(NC(=O)OC(C)(C)C)n4)C3=O)c(=O)n2CCN(C)C)cc1OCCCC. The van der Waals surface area contributed by atoms with Gasteiger partial charge in [0.2, 0.25) is 5.60 Å². The zero-order valence-electron chi connectivity index (χ0n) is 39.9. The molecule has 0 unspecified atom stereocenters. The molecule has 67 heavy (non-hydrogen) atoms. The summed E-state index contributed by atoms with van der Waals surface area (Å²) in [7, 11) is -1.60. The monoisotopic (exact) mass is 979 g/mol. The molecule has 1 aliphatic heterocycles. The lowest BCUT2D eigenvalue weighted by molar-refractivity contribution is -0.179. The second-order valence-corrected chi connectivity index (χ2v) is 20.3. The van der Waals surface area contributed by atoms with Gasteiger partial charge in [0.15, 0.2) is 28.2 Å². The van der Waals surface area contributed by atoms with E-state index in [-0.39, 0.29) is 39.5 Å². The van der Waals surface area contributed by atoms with Crippen LogP contribution in [0.4, 0.5) is 14.7 Å². The Balaban J connectivity index is 1.56. The maximum atomic E-state index is 13.8. The number of aromatic nitrogens is 5. The van der Waals surface area contributed by atoms with Crippen LogP contribution >= 0.6 is 11.3 Å². The molecule has 26 heteroatoms. The molecule has 3 aromatic heterocycles. The lowest BCUT2D eigenvalue weighted by Gasteiger charge is -2.36. The van der Waals surface area contributed by atoms with E-state index in [2.05, 4.69) is 30.9 Å². The molecular weight excluding hydrogens is 919 g/mol. The van der Waals surface area contributed by atoms with Crippen molar-refractivity contribution in [2.45, 2.75) is 124 Å². The standard InChI is InChI=1S/C41H61N11O13S2/c1-13-15-19-61-28-21-25(42-22-29(28)62-20-16-14-2)31-46-52(38(58)50(31)18-17-49(11)12)67(59,60)48-36(56)51-23-26(33(51)54)43-32(53)30(47-65-41(9,10)34(55)63-39(3,4)5)27-24-66-35(44-27)45-37(57)64-40(6,7)8/h21-22,24,26H,13-20,23H2,1-12H3,(H,43,53)(H,48,56)(H,44,45,57)/b47-30-/t26-/m0/s1. The number of β-lactam (4-membered cyclic amide) rings is 1. The summed E-state index contributed by atoms with van der Waals surface area (Å²) in [5.74, 6) is -2.41. The molecule has 5 amide bonds. The number of oxime groups is 1. The van der Waals surface area contributed by atoms with Gasteiger partial charge in [-0.15, -0.1) is 16.4 Å². The summed E-state index contributed by atoms with van der Waals surface area (Å²) in [5, 5.41) is 14.2. The largest absolute Gasteiger partial charge is 0.490 e. The zero-order valence-corrected chi connectivity index (χ0v) is 41.5. The second-order valence-electron chi connectivity index (χ2n) is 17.9. The average Bonchev–Trinajstić information content (AvgIpc) is 3.81. The van der Waals surface area contributed by atoms with Crippen LogP contribution in [0.25, 0.3) is 11.5 Å². The minimum absolute atomic E-state index is 0.00330. The number of ether oxygens (including phenoxy) is 4. The quantitative estimate of drug-likeness (QED) is 0.0453. The third-order valence-electron chi connectivity index (χ3n) is 8.93. The van der Waals surface area contributed by atoms with E-state index in [1.54, 1.807) is 65.3 Å². The summed E-state index contributed by atoms with van der Waals surface area (Å²) in [6, 6.07) is -1.35. The number of amides is 5. The first kappa shape index (κ1) is 53.5. The van der Waals surface area contributed by atoms with Crippen LogP contribution in [0.15, 0.2) is 27.6 Å². The number of nitrogens with one attached hydrogen (secondary N) is 3.